The number of carboxylic acids is 1. The molecular weight excluding hydrogens is 662 g/mol. The molecule has 0 radical (unpaired) electrons. The number of likely N-dealkylation sites (tertiary alicyclic amines) is 1. The van der Waals surface area contributed by atoms with E-state index in [9.17, 15) is 19.2 Å². The van der Waals surface area contributed by atoms with Crippen LogP contribution >= 0.6 is 0 Å². The normalized spacial score (nSPS) is 16.6. The van der Waals surface area contributed by atoms with Crippen molar-refractivity contribution in [2.24, 2.45) is 5.92 Å². The second-order valence-electron chi connectivity index (χ2n) is 16.3. The number of carbonyl (C=O) groups is 4. The van der Waals surface area contributed by atoms with Gasteiger partial charge in [0.1, 0.15) is 11.2 Å². The first-order valence-corrected chi connectivity index (χ1v) is 18.2. The average Bonchev–Trinajstić information content (AvgIpc) is 3.63. The van der Waals surface area contributed by atoms with E-state index in [0.29, 0.717) is 38.5 Å². The van der Waals surface area contributed by atoms with Gasteiger partial charge in [0.25, 0.3) is 5.91 Å². The minimum absolute atomic E-state index is 0.105. The van der Waals surface area contributed by atoms with E-state index in [4.69, 9.17) is 14.6 Å². The summed E-state index contributed by atoms with van der Waals surface area (Å²) in [6.07, 6.45) is 2.97. The van der Waals surface area contributed by atoms with E-state index in [1.54, 1.807) is 28.0 Å². The third-order valence-corrected chi connectivity index (χ3v) is 9.82. The highest BCUT2D eigenvalue weighted by atomic mass is 16.6. The number of piperidine rings is 1. The maximum atomic E-state index is 13.0. The van der Waals surface area contributed by atoms with Crippen LogP contribution in [0, 0.1) is 5.92 Å². The van der Waals surface area contributed by atoms with Crippen molar-refractivity contribution in [1.82, 2.24) is 24.7 Å². The molecule has 278 valence electrons. The molecule has 1 saturated heterocycles. The van der Waals surface area contributed by atoms with Crippen LogP contribution in [0.5, 0.6) is 0 Å². The topological polar surface area (TPSA) is 148 Å². The maximum Gasteiger partial charge on any atom is 0.410 e. The molecule has 0 spiro atoms. The lowest BCUT2D eigenvalue weighted by Crippen LogP contribution is -2.39. The van der Waals surface area contributed by atoms with Crippen LogP contribution in [-0.4, -0.2) is 91.2 Å². The number of hydrogen-bond donors (Lipinski definition) is 3. The van der Waals surface area contributed by atoms with E-state index in [-0.39, 0.29) is 23.7 Å². The molecule has 2 aromatic heterocycles. The summed E-state index contributed by atoms with van der Waals surface area (Å²) in [7, 11) is 0. The number of carbonyl (C=O) groups excluding carboxylic acids is 3. The second-order valence-corrected chi connectivity index (χ2v) is 16.3. The van der Waals surface area contributed by atoms with Gasteiger partial charge in [-0.2, -0.15) is 0 Å². The second kappa shape index (κ2) is 14.2. The van der Waals surface area contributed by atoms with E-state index in [0.717, 1.165) is 82.2 Å². The first kappa shape index (κ1) is 36.8. The van der Waals surface area contributed by atoms with Crippen LogP contribution < -0.4 is 0 Å². The van der Waals surface area contributed by atoms with Gasteiger partial charge in [-0.05, 0) is 96.7 Å². The number of fused-ring (bicyclic) bond motifs is 6. The van der Waals surface area contributed by atoms with Gasteiger partial charge in [-0.15, -0.1) is 0 Å². The fraction of sp³-hybridized carbons (Fsp3) is 0.500. The lowest BCUT2D eigenvalue weighted by molar-refractivity contribution is 0.0214. The average molecular weight is 714 g/mol. The van der Waals surface area contributed by atoms with Crippen LogP contribution in [0.25, 0.3) is 21.8 Å². The Hall–Kier alpha value is -5.00. The molecule has 0 aliphatic carbocycles. The number of benzene rings is 2. The smallest absolute Gasteiger partial charge is 0.410 e. The molecule has 5 heterocycles. The summed E-state index contributed by atoms with van der Waals surface area (Å²) in [5.74, 6) is -0.160. The number of H-pyrrole nitrogens is 2. The molecule has 0 bridgehead atoms. The summed E-state index contributed by atoms with van der Waals surface area (Å²) in [4.78, 5) is 61.1. The van der Waals surface area contributed by atoms with Crippen LogP contribution in [0.3, 0.4) is 0 Å². The third kappa shape index (κ3) is 8.21. The molecular formula is C40H51N5O7. The molecule has 12 nitrogen and oxygen atoms in total. The molecule has 0 unspecified atom stereocenters. The predicted molar refractivity (Wildman–Crippen MR) is 199 cm³/mol. The number of rotatable bonds is 2. The largest absolute Gasteiger partial charge is 0.478 e. The lowest BCUT2D eigenvalue weighted by atomic mass is 9.98. The van der Waals surface area contributed by atoms with Crippen molar-refractivity contribution in [3.63, 3.8) is 0 Å². The number of hydrogen-bond acceptors (Lipinski definition) is 6. The molecule has 3 N–H and O–H groups in total. The Morgan fingerprint density at radius 2 is 1.12 bits per heavy atom. The van der Waals surface area contributed by atoms with Crippen molar-refractivity contribution in [2.45, 2.75) is 98.4 Å². The van der Waals surface area contributed by atoms with Crippen LogP contribution in [0.2, 0.25) is 0 Å². The Morgan fingerprint density at radius 1 is 0.673 bits per heavy atom. The Kier molecular flexibility index (Phi) is 10.0. The first-order chi connectivity index (χ1) is 24.5. The Bertz CT molecular complexity index is 2010. The zero-order valence-corrected chi connectivity index (χ0v) is 31.4. The Morgan fingerprint density at radius 3 is 1.56 bits per heavy atom. The minimum Gasteiger partial charge on any atom is -0.478 e. The molecule has 2 aromatic carbocycles. The molecule has 0 saturated carbocycles. The number of ether oxygens (including phenoxy) is 2. The van der Waals surface area contributed by atoms with E-state index >= 15 is 0 Å². The van der Waals surface area contributed by atoms with Crippen molar-refractivity contribution in [3.05, 3.63) is 70.0 Å². The predicted octanol–water partition coefficient (Wildman–Crippen LogP) is 7.49. The number of aromatic amines is 2. The molecule has 3 amide bonds. The number of nitrogens with one attached hydrogen (secondary N) is 2. The molecule has 7 rings (SSSR count). The lowest BCUT2D eigenvalue weighted by Gasteiger charge is -2.30. The summed E-state index contributed by atoms with van der Waals surface area (Å²) in [6, 6.07) is 10.9. The van der Waals surface area contributed by atoms with Gasteiger partial charge in [-0.1, -0.05) is 6.92 Å². The molecule has 12 heteroatoms. The van der Waals surface area contributed by atoms with Crippen molar-refractivity contribution in [1.29, 1.82) is 0 Å². The van der Waals surface area contributed by atoms with Gasteiger partial charge in [-0.25, -0.2) is 14.4 Å². The van der Waals surface area contributed by atoms with Gasteiger partial charge in [0, 0.05) is 88.9 Å². The van der Waals surface area contributed by atoms with E-state index in [1.165, 1.54) is 0 Å². The maximum absolute atomic E-state index is 13.0. The fourth-order valence-corrected chi connectivity index (χ4v) is 7.05. The van der Waals surface area contributed by atoms with E-state index < -0.39 is 17.2 Å². The van der Waals surface area contributed by atoms with Crippen LogP contribution in [0.4, 0.5) is 9.59 Å². The fourth-order valence-electron chi connectivity index (χ4n) is 7.05. The summed E-state index contributed by atoms with van der Waals surface area (Å²) in [5, 5.41) is 11.0. The molecule has 3 aliphatic rings. The molecule has 4 aromatic rings. The summed E-state index contributed by atoms with van der Waals surface area (Å²) in [5.41, 5.74) is 6.11. The molecule has 0 atom stereocenters. The van der Waals surface area contributed by atoms with Crippen molar-refractivity contribution >= 4 is 45.9 Å². The van der Waals surface area contributed by atoms with Crippen LogP contribution in [0.1, 0.15) is 105 Å². The number of amides is 3. The number of aromatic nitrogens is 2. The van der Waals surface area contributed by atoms with Gasteiger partial charge in [0.15, 0.2) is 0 Å². The highest BCUT2D eigenvalue weighted by Gasteiger charge is 2.30. The van der Waals surface area contributed by atoms with Crippen molar-refractivity contribution < 1.29 is 33.8 Å². The monoisotopic (exact) mass is 713 g/mol. The zero-order chi connectivity index (χ0) is 37.5. The minimum atomic E-state index is -0.957. The summed E-state index contributed by atoms with van der Waals surface area (Å²) < 4.78 is 11.0. The van der Waals surface area contributed by atoms with Crippen LogP contribution in [0.15, 0.2) is 36.4 Å². The highest BCUT2D eigenvalue weighted by molar-refractivity contribution is 5.99. The quantitative estimate of drug-likeness (QED) is 0.195. The molecule has 52 heavy (non-hydrogen) atoms. The van der Waals surface area contributed by atoms with Gasteiger partial charge in [-0.3, -0.25) is 4.79 Å². The van der Waals surface area contributed by atoms with E-state index in [2.05, 4.69) is 16.9 Å². The molecule has 3 aliphatic heterocycles. The SMILES string of the molecule is CC(C)(C)OC(=O)N1CCc2[nH]c3ccc(C(=O)O)cc3c2C1.CC1CCN(C(=O)c2ccc3[nH]c4c(c3c2)CN(C(=O)OC(C)(C)C)CC4)CC1. The third-order valence-electron chi connectivity index (χ3n) is 9.82. The Labute approximate surface area is 304 Å². The van der Waals surface area contributed by atoms with Gasteiger partial charge >= 0.3 is 18.2 Å². The summed E-state index contributed by atoms with van der Waals surface area (Å²) in [6.45, 7) is 17.2. The first-order valence-electron chi connectivity index (χ1n) is 18.2. The van der Waals surface area contributed by atoms with Crippen molar-refractivity contribution in [2.75, 3.05) is 26.2 Å². The van der Waals surface area contributed by atoms with Gasteiger partial charge in [0.2, 0.25) is 0 Å². The Balaban J connectivity index is 0.000000183. The van der Waals surface area contributed by atoms with Crippen molar-refractivity contribution in [3.8, 4) is 0 Å². The number of aromatic carboxylic acids is 1. The number of nitrogens with zero attached hydrogens (tertiary/aromatic N) is 3. The standard InChI is InChI=1S/C23H31N3O3.C17H20N2O4/c1-15-7-10-25(11-8-15)21(27)16-5-6-19-17(13-16)18-14-26(12-9-20(18)24-19)22(28)29-23(2,3)4;1-17(2,3)23-16(22)19-7-6-14-12(9-19)11-8-10(15(20)21)4-5-13(11)18-14/h5-6,13,15,24H,7-12,14H2,1-4H3;4-5,8,18H,6-7,9H2,1-3H3,(H,20,21). The van der Waals surface area contributed by atoms with E-state index in [1.807, 2.05) is 64.6 Å². The highest BCUT2D eigenvalue weighted by Crippen LogP contribution is 2.31. The van der Waals surface area contributed by atoms with Crippen LogP contribution in [-0.2, 0) is 35.4 Å². The molecule has 1 fully saturated rings. The zero-order valence-electron chi connectivity index (χ0n) is 31.4. The number of carboxylic acid groups (broad SMARTS) is 1. The van der Waals surface area contributed by atoms with Gasteiger partial charge in [0.05, 0.1) is 18.7 Å². The summed E-state index contributed by atoms with van der Waals surface area (Å²) >= 11 is 0. The van der Waals surface area contributed by atoms with Gasteiger partial charge < -0.3 is 39.2 Å².